The van der Waals surface area contributed by atoms with E-state index in [9.17, 15) is 33.9 Å². The number of hydrogen-bond acceptors (Lipinski definition) is 13. The number of nitrogens with one attached hydrogen (secondary N) is 5. The molecule has 412 valence electrons. The van der Waals surface area contributed by atoms with Crippen molar-refractivity contribution in [1.29, 1.82) is 0 Å². The number of H-pyrrole nitrogens is 1. The monoisotopic (exact) mass is 1070 g/mol. The number of aliphatic hydroxyl groups excluding tert-OH is 1. The van der Waals surface area contributed by atoms with Gasteiger partial charge >= 0.3 is 0 Å². The molecule has 0 spiro atoms. The third kappa shape index (κ3) is 15.0. The highest BCUT2D eigenvalue weighted by Gasteiger charge is 2.44. The smallest absolute Gasteiger partial charge is 0.253 e. The van der Waals surface area contributed by atoms with Gasteiger partial charge in [-0.25, -0.2) is 4.98 Å². The number of aliphatic hydroxyl groups is 1. The largest absolute Gasteiger partial charge is 0.391 e. The van der Waals surface area contributed by atoms with Crippen LogP contribution in [0.1, 0.15) is 101 Å². The van der Waals surface area contributed by atoms with Crippen molar-refractivity contribution in [3.63, 3.8) is 0 Å². The number of rotatable bonds is 22. The van der Waals surface area contributed by atoms with E-state index in [0.29, 0.717) is 29.9 Å². The van der Waals surface area contributed by atoms with Crippen LogP contribution in [0.5, 0.6) is 0 Å². The maximum atomic E-state index is 14.0. The highest BCUT2D eigenvalue weighted by molar-refractivity contribution is 7.13. The minimum absolute atomic E-state index is 0.0425. The number of pyridine rings is 1. The van der Waals surface area contributed by atoms with Crippen LogP contribution in [0.15, 0.2) is 77.0 Å². The Hall–Kier alpha value is -6.77. The average Bonchev–Trinajstić information content (AvgIpc) is 4.03. The molecule has 0 unspecified atom stereocenters. The first-order chi connectivity index (χ1) is 36.8. The molecule has 19 heteroatoms. The van der Waals surface area contributed by atoms with Gasteiger partial charge in [-0.15, -0.1) is 11.3 Å². The molecule has 0 aliphatic carbocycles. The number of thiazole rings is 1. The zero-order valence-electron chi connectivity index (χ0n) is 45.5. The molecule has 77 heavy (non-hydrogen) atoms. The Balaban J connectivity index is 0.864. The first-order valence-electron chi connectivity index (χ1n) is 26.4. The lowest BCUT2D eigenvalue weighted by Gasteiger charge is -2.37. The number of benzene rings is 3. The van der Waals surface area contributed by atoms with Gasteiger partial charge in [-0.2, -0.15) is 0 Å². The molecule has 2 aromatic heterocycles. The number of aryl methyl sites for hydroxylation is 3. The zero-order chi connectivity index (χ0) is 55.4. The quantitative estimate of drug-likeness (QED) is 0.0445. The molecule has 0 saturated carbocycles. The van der Waals surface area contributed by atoms with Crippen LogP contribution in [-0.2, 0) is 41.7 Å². The summed E-state index contributed by atoms with van der Waals surface area (Å²) in [4.78, 5) is 92.5. The first kappa shape index (κ1) is 57.9. The van der Waals surface area contributed by atoms with Gasteiger partial charge in [0.1, 0.15) is 18.7 Å². The molecule has 2 fully saturated rings. The van der Waals surface area contributed by atoms with Gasteiger partial charge in [0.25, 0.3) is 17.4 Å². The zero-order valence-corrected chi connectivity index (χ0v) is 46.3. The second-order valence-corrected chi connectivity index (χ2v) is 21.7. The van der Waals surface area contributed by atoms with Crippen LogP contribution < -0.4 is 31.7 Å². The van der Waals surface area contributed by atoms with Gasteiger partial charge < -0.3 is 55.4 Å². The number of ether oxygens (including phenoxy) is 3. The number of hydrogen-bond donors (Lipinski definition) is 6. The molecule has 5 amide bonds. The van der Waals surface area contributed by atoms with Crippen LogP contribution in [0.4, 0.5) is 5.69 Å². The fraction of sp³-hybridized carbons (Fsp3) is 0.466. The molecule has 0 radical (unpaired) electrons. The Kier molecular flexibility index (Phi) is 20.0. The van der Waals surface area contributed by atoms with Crippen LogP contribution in [0.3, 0.4) is 0 Å². The molecule has 2 aliphatic rings. The molecular formula is C58H74N8O10S. The number of carbonyl (C=O) groups is 5. The fourth-order valence-electron chi connectivity index (χ4n) is 9.91. The van der Waals surface area contributed by atoms with Crippen molar-refractivity contribution < 1.29 is 43.3 Å². The molecule has 3 aromatic carbocycles. The van der Waals surface area contributed by atoms with Gasteiger partial charge in [0.2, 0.25) is 17.7 Å². The number of likely N-dealkylation sites (tertiary alicyclic amines) is 1. The van der Waals surface area contributed by atoms with Gasteiger partial charge in [0, 0.05) is 86.5 Å². The average molecular weight is 1080 g/mol. The Morgan fingerprint density at radius 3 is 2.23 bits per heavy atom. The van der Waals surface area contributed by atoms with Gasteiger partial charge in [0.05, 0.1) is 42.0 Å². The number of β-amino-alcohol motifs (C(OH)–C–C–N with tert-alkyl or cyclic N) is 1. The predicted molar refractivity (Wildman–Crippen MR) is 297 cm³/mol. The Bertz CT molecular complexity index is 2930. The van der Waals surface area contributed by atoms with E-state index in [1.54, 1.807) is 29.0 Å². The van der Waals surface area contributed by atoms with Crippen molar-refractivity contribution in [1.82, 2.24) is 36.1 Å². The maximum absolute atomic E-state index is 14.0. The summed E-state index contributed by atoms with van der Waals surface area (Å²) in [5, 5.41) is 22.2. The van der Waals surface area contributed by atoms with Gasteiger partial charge in [-0.3, -0.25) is 28.8 Å². The summed E-state index contributed by atoms with van der Waals surface area (Å²) in [5.74, 6) is -1.98. The van der Waals surface area contributed by atoms with Crippen molar-refractivity contribution in [3.05, 3.63) is 127 Å². The van der Waals surface area contributed by atoms with E-state index in [-0.39, 0.29) is 82.4 Å². The fourth-order valence-corrected chi connectivity index (χ4v) is 10.7. The molecule has 2 aliphatic heterocycles. The number of aromatic nitrogens is 2. The maximum Gasteiger partial charge on any atom is 0.253 e. The normalized spacial score (nSPS) is 16.2. The highest BCUT2D eigenvalue weighted by Crippen LogP contribution is 2.35. The standard InChI is InChI=1S/C58H74N8O10S/c1-9-65(44-18-21-74-22-19-44)48-28-43(27-46(37(48)4)54(70)61-31-47-35(2)26-36(3)63-55(47)71)40-14-16-42(17-15-40)53(69)59-20-23-75-24-25-76-33-50(68)64-52(58(6,7)8)57(73)66-32-45(67)29-49(66)56(72)60-30-39-10-12-41(13-11-39)51-38(5)62-34-77-51/h10-17,26-28,34,44-45,49,52,67H,9,18-25,29-33H2,1-8H3,(H,59,69)(H,60,72)(H,61,70)(H,63,71)(H,64,68)/t45-,49+,52-/m1/s1. The minimum Gasteiger partial charge on any atom is -0.391 e. The molecule has 18 nitrogen and oxygen atoms in total. The molecule has 5 aromatic rings. The number of aromatic amines is 1. The molecular weight excluding hydrogens is 1000 g/mol. The molecule has 6 N–H and O–H groups in total. The summed E-state index contributed by atoms with van der Waals surface area (Å²) in [7, 11) is 0. The lowest BCUT2D eigenvalue weighted by atomic mass is 9.85. The van der Waals surface area contributed by atoms with E-state index in [4.69, 9.17) is 14.2 Å². The number of nitrogens with zero attached hydrogens (tertiary/aromatic N) is 3. The topological polar surface area (TPSA) is 234 Å². The van der Waals surface area contributed by atoms with Gasteiger partial charge in [-0.05, 0) is 117 Å². The number of anilines is 1. The summed E-state index contributed by atoms with van der Waals surface area (Å²) in [6.07, 6.45) is 0.908. The second-order valence-electron chi connectivity index (χ2n) is 20.9. The van der Waals surface area contributed by atoms with Crippen LogP contribution in [0.25, 0.3) is 21.6 Å². The highest BCUT2D eigenvalue weighted by atomic mass is 32.1. The molecule has 4 heterocycles. The van der Waals surface area contributed by atoms with Gasteiger partial charge in [0.15, 0.2) is 0 Å². The van der Waals surface area contributed by atoms with Crippen LogP contribution in [-0.4, -0.2) is 133 Å². The Labute approximate surface area is 454 Å². The minimum atomic E-state index is -1.01. The van der Waals surface area contributed by atoms with Gasteiger partial charge in [-0.1, -0.05) is 57.2 Å². The van der Waals surface area contributed by atoms with E-state index in [0.717, 1.165) is 74.7 Å². The van der Waals surface area contributed by atoms with E-state index in [1.165, 1.54) is 4.90 Å². The van der Waals surface area contributed by atoms with Crippen molar-refractivity contribution in [2.75, 3.05) is 64.2 Å². The van der Waals surface area contributed by atoms with E-state index in [2.05, 4.69) is 49.1 Å². The molecule has 0 bridgehead atoms. The van der Waals surface area contributed by atoms with Crippen molar-refractivity contribution in [2.45, 2.75) is 112 Å². The molecule has 3 atom stereocenters. The molecule has 2 saturated heterocycles. The molecule has 7 rings (SSSR count). The van der Waals surface area contributed by atoms with Crippen molar-refractivity contribution >= 4 is 46.6 Å². The number of carbonyl (C=O) groups excluding carboxylic acids is 5. The second kappa shape index (κ2) is 26.5. The summed E-state index contributed by atoms with van der Waals surface area (Å²) < 4.78 is 16.9. The van der Waals surface area contributed by atoms with Crippen molar-refractivity contribution in [3.8, 4) is 21.6 Å². The summed E-state index contributed by atoms with van der Waals surface area (Å²) in [6.45, 7) is 17.7. The van der Waals surface area contributed by atoms with Crippen molar-refractivity contribution in [2.24, 2.45) is 5.41 Å². The number of amides is 5. The van der Waals surface area contributed by atoms with E-state index < -0.39 is 41.3 Å². The van der Waals surface area contributed by atoms with Crippen LogP contribution in [0, 0.1) is 33.1 Å². The van der Waals surface area contributed by atoms with E-state index >= 15 is 0 Å². The van der Waals surface area contributed by atoms with Crippen LogP contribution >= 0.6 is 11.3 Å². The Morgan fingerprint density at radius 2 is 1.57 bits per heavy atom. The summed E-state index contributed by atoms with van der Waals surface area (Å²) >= 11 is 1.56. The summed E-state index contributed by atoms with van der Waals surface area (Å²) in [6, 6.07) is 19.2. The van der Waals surface area contributed by atoms with Crippen LogP contribution in [0.2, 0.25) is 0 Å². The lowest BCUT2D eigenvalue weighted by Crippen LogP contribution is -2.58. The third-order valence-corrected chi connectivity index (χ3v) is 15.1. The summed E-state index contributed by atoms with van der Waals surface area (Å²) in [5.41, 5.74) is 10.1. The lowest BCUT2D eigenvalue weighted by molar-refractivity contribution is -0.144. The Morgan fingerprint density at radius 1 is 0.870 bits per heavy atom. The third-order valence-electron chi connectivity index (χ3n) is 14.2. The predicted octanol–water partition coefficient (Wildman–Crippen LogP) is 5.91. The van der Waals surface area contributed by atoms with E-state index in [1.807, 2.05) is 97.0 Å². The first-order valence-corrected chi connectivity index (χ1v) is 27.3. The SMILES string of the molecule is CCN(c1cc(-c2ccc(C(=O)NCCOCCOCC(=O)N[C@H](C(=O)N3C[C@H](O)C[C@H]3C(=O)NCc3ccc(-c4scnc4C)cc3)C(C)(C)C)cc2)cc(C(=O)NCc2c(C)cc(C)[nH]c2=O)c1C)C1CCOCC1.